The summed E-state index contributed by atoms with van der Waals surface area (Å²) in [5, 5.41) is 3.41. The molecule has 3 heteroatoms. The lowest BCUT2D eigenvalue weighted by Gasteiger charge is -2.36. The molecule has 1 aromatic carbocycles. The van der Waals surface area contributed by atoms with Gasteiger partial charge in [-0.25, -0.2) is 0 Å². The second kappa shape index (κ2) is 6.82. The minimum Gasteiger partial charge on any atom is -0.334 e. The molecule has 0 aromatic heterocycles. The molecule has 1 aliphatic carbocycles. The molecule has 120 valence electrons. The number of hydrogen-bond acceptors (Lipinski definition) is 2. The van der Waals surface area contributed by atoms with E-state index in [1.165, 1.54) is 24.8 Å². The van der Waals surface area contributed by atoms with Gasteiger partial charge in [0.25, 0.3) is 5.91 Å². The van der Waals surface area contributed by atoms with Crippen molar-refractivity contribution in [3.05, 3.63) is 35.4 Å². The molecular weight excluding hydrogens is 272 g/mol. The molecule has 1 saturated carbocycles. The van der Waals surface area contributed by atoms with Gasteiger partial charge in [0, 0.05) is 24.7 Å². The average Bonchev–Trinajstić information content (AvgIpc) is 2.99. The molecule has 2 aliphatic rings. The van der Waals surface area contributed by atoms with Crippen LogP contribution in [0, 0.1) is 5.92 Å². The number of benzene rings is 1. The maximum atomic E-state index is 13.2. The predicted molar refractivity (Wildman–Crippen MR) is 90.2 cm³/mol. The minimum atomic E-state index is 0.241. The lowest BCUT2D eigenvalue weighted by molar-refractivity contribution is 0.0614. The second-order valence-electron chi connectivity index (χ2n) is 7.14. The molecule has 3 rings (SSSR count). The first-order valence-corrected chi connectivity index (χ1v) is 8.77. The number of nitrogens with one attached hydrogen (secondary N) is 1. The van der Waals surface area contributed by atoms with E-state index in [0.717, 1.165) is 37.5 Å². The first-order valence-electron chi connectivity index (χ1n) is 8.77. The Morgan fingerprint density at radius 3 is 2.64 bits per heavy atom. The van der Waals surface area contributed by atoms with Crippen LogP contribution in [-0.2, 0) is 0 Å². The van der Waals surface area contributed by atoms with E-state index in [0.29, 0.717) is 12.0 Å². The fourth-order valence-corrected chi connectivity index (χ4v) is 3.61. The largest absolute Gasteiger partial charge is 0.334 e. The topological polar surface area (TPSA) is 32.3 Å². The van der Waals surface area contributed by atoms with Gasteiger partial charge in [-0.15, -0.1) is 0 Å². The quantitative estimate of drug-likeness (QED) is 0.903. The van der Waals surface area contributed by atoms with E-state index in [1.54, 1.807) is 0 Å². The number of amides is 1. The van der Waals surface area contributed by atoms with Crippen LogP contribution in [0.15, 0.2) is 24.3 Å². The van der Waals surface area contributed by atoms with Crippen LogP contribution < -0.4 is 5.32 Å². The van der Waals surface area contributed by atoms with Gasteiger partial charge >= 0.3 is 0 Å². The molecule has 1 saturated heterocycles. The highest BCUT2D eigenvalue weighted by atomic mass is 16.2. The van der Waals surface area contributed by atoms with Gasteiger partial charge in [-0.3, -0.25) is 4.79 Å². The van der Waals surface area contributed by atoms with Crippen molar-refractivity contribution in [2.75, 3.05) is 19.6 Å². The van der Waals surface area contributed by atoms with Crippen molar-refractivity contribution in [1.82, 2.24) is 10.2 Å². The molecule has 1 N–H and O–H groups in total. The van der Waals surface area contributed by atoms with E-state index in [4.69, 9.17) is 0 Å². The van der Waals surface area contributed by atoms with Crippen LogP contribution >= 0.6 is 0 Å². The Hall–Kier alpha value is -1.35. The Labute approximate surface area is 134 Å². The van der Waals surface area contributed by atoms with Crippen LogP contribution in [0.5, 0.6) is 0 Å². The maximum absolute atomic E-state index is 13.2. The molecule has 0 spiro atoms. The lowest BCUT2D eigenvalue weighted by Crippen LogP contribution is -2.45. The molecule has 1 aliphatic heterocycles. The summed E-state index contributed by atoms with van der Waals surface area (Å²) in [4.78, 5) is 15.4. The van der Waals surface area contributed by atoms with Crippen molar-refractivity contribution in [3.8, 4) is 0 Å². The van der Waals surface area contributed by atoms with Gasteiger partial charge in [0.15, 0.2) is 0 Å². The number of carbonyl (C=O) groups is 1. The van der Waals surface area contributed by atoms with Gasteiger partial charge in [0.2, 0.25) is 0 Å². The molecule has 1 amide bonds. The third-order valence-electron chi connectivity index (χ3n) is 5.23. The highest BCUT2D eigenvalue weighted by Crippen LogP contribution is 2.30. The van der Waals surface area contributed by atoms with Crippen molar-refractivity contribution in [2.45, 2.75) is 51.5 Å². The summed E-state index contributed by atoms with van der Waals surface area (Å²) in [5.41, 5.74) is 2.08. The molecule has 1 aromatic rings. The van der Waals surface area contributed by atoms with Crippen molar-refractivity contribution < 1.29 is 4.79 Å². The van der Waals surface area contributed by atoms with Crippen LogP contribution in [0.1, 0.15) is 61.4 Å². The fraction of sp³-hybridized carbons (Fsp3) is 0.632. The second-order valence-corrected chi connectivity index (χ2v) is 7.14. The summed E-state index contributed by atoms with van der Waals surface area (Å²) in [5.74, 6) is 1.34. The maximum Gasteiger partial charge on any atom is 0.254 e. The Morgan fingerprint density at radius 2 is 2.05 bits per heavy atom. The molecule has 2 fully saturated rings. The summed E-state index contributed by atoms with van der Waals surface area (Å²) in [6.45, 7) is 7.25. The van der Waals surface area contributed by atoms with Gasteiger partial charge < -0.3 is 10.2 Å². The van der Waals surface area contributed by atoms with E-state index in [1.807, 2.05) is 18.2 Å². The molecule has 22 heavy (non-hydrogen) atoms. The van der Waals surface area contributed by atoms with E-state index in [2.05, 4.69) is 30.1 Å². The minimum absolute atomic E-state index is 0.241. The number of carbonyl (C=O) groups excluding carboxylic acids is 1. The van der Waals surface area contributed by atoms with Crippen LogP contribution in [0.25, 0.3) is 0 Å². The Kier molecular flexibility index (Phi) is 4.82. The van der Waals surface area contributed by atoms with Crippen molar-refractivity contribution in [1.29, 1.82) is 0 Å². The molecule has 1 heterocycles. The van der Waals surface area contributed by atoms with Gasteiger partial charge in [-0.1, -0.05) is 38.5 Å². The van der Waals surface area contributed by atoms with E-state index in [9.17, 15) is 4.79 Å². The smallest absolute Gasteiger partial charge is 0.254 e. The predicted octanol–water partition coefficient (Wildman–Crippen LogP) is 3.41. The van der Waals surface area contributed by atoms with Crippen LogP contribution in [0.2, 0.25) is 0 Å². The van der Waals surface area contributed by atoms with Gasteiger partial charge in [0.05, 0.1) is 0 Å². The average molecular weight is 300 g/mol. The molecule has 0 radical (unpaired) electrons. The highest BCUT2D eigenvalue weighted by Gasteiger charge is 2.32. The first-order chi connectivity index (χ1) is 10.7. The van der Waals surface area contributed by atoms with Crippen LogP contribution in [-0.4, -0.2) is 36.5 Å². The van der Waals surface area contributed by atoms with Crippen molar-refractivity contribution >= 4 is 5.91 Å². The fourth-order valence-electron chi connectivity index (χ4n) is 3.61. The Bertz CT molecular complexity index is 516. The molecule has 0 bridgehead atoms. The van der Waals surface area contributed by atoms with E-state index >= 15 is 0 Å². The molecule has 1 atom stereocenters. The Balaban J connectivity index is 1.84. The SMILES string of the molecule is CC(C)c1ccccc1C(=O)N(CC1CCC1)[C@@H]1CCNC1. The Morgan fingerprint density at radius 1 is 1.27 bits per heavy atom. The third-order valence-corrected chi connectivity index (χ3v) is 5.23. The summed E-state index contributed by atoms with van der Waals surface area (Å²) in [7, 11) is 0. The van der Waals surface area contributed by atoms with Gasteiger partial charge in [0.1, 0.15) is 0 Å². The normalized spacial score (nSPS) is 21.9. The lowest BCUT2D eigenvalue weighted by atomic mass is 9.84. The third kappa shape index (κ3) is 3.19. The molecule has 0 unspecified atom stereocenters. The van der Waals surface area contributed by atoms with Crippen molar-refractivity contribution in [3.63, 3.8) is 0 Å². The summed E-state index contributed by atoms with van der Waals surface area (Å²) < 4.78 is 0. The van der Waals surface area contributed by atoms with Crippen molar-refractivity contribution in [2.24, 2.45) is 5.92 Å². The van der Waals surface area contributed by atoms with E-state index < -0.39 is 0 Å². The first kappa shape index (κ1) is 15.5. The zero-order valence-corrected chi connectivity index (χ0v) is 13.8. The summed E-state index contributed by atoms with van der Waals surface area (Å²) in [6, 6.07) is 8.51. The molecular formula is C19H28N2O. The number of nitrogens with zero attached hydrogens (tertiary/aromatic N) is 1. The highest BCUT2D eigenvalue weighted by molar-refractivity contribution is 5.96. The molecule has 3 nitrogen and oxygen atoms in total. The monoisotopic (exact) mass is 300 g/mol. The summed E-state index contributed by atoms with van der Waals surface area (Å²) in [6.07, 6.45) is 4.99. The van der Waals surface area contributed by atoms with E-state index in [-0.39, 0.29) is 5.91 Å². The summed E-state index contributed by atoms with van der Waals surface area (Å²) >= 11 is 0. The van der Waals surface area contributed by atoms with Gasteiger partial charge in [-0.2, -0.15) is 0 Å². The van der Waals surface area contributed by atoms with Gasteiger partial charge in [-0.05, 0) is 49.3 Å². The number of rotatable bonds is 5. The van der Waals surface area contributed by atoms with Crippen LogP contribution in [0.4, 0.5) is 0 Å². The zero-order chi connectivity index (χ0) is 15.5. The number of hydrogen-bond donors (Lipinski definition) is 1. The zero-order valence-electron chi connectivity index (χ0n) is 13.8. The standard InChI is InChI=1S/C19H28N2O/c1-14(2)17-8-3-4-9-18(17)19(22)21(13-15-6-5-7-15)16-10-11-20-12-16/h3-4,8-9,14-16,20H,5-7,10-13H2,1-2H3/t16-/m1/s1. The van der Waals surface area contributed by atoms with Crippen LogP contribution in [0.3, 0.4) is 0 Å².